The number of thioether (sulfide) groups is 1. The van der Waals surface area contributed by atoms with Crippen LogP contribution in [0.15, 0.2) is 24.4 Å². The number of aliphatic hydroxyl groups is 3. The molecule has 5 atom stereocenters. The Labute approximate surface area is 186 Å². The molecule has 0 spiro atoms. The lowest BCUT2D eigenvalue weighted by atomic mass is 10.0. The first kappa shape index (κ1) is 23.8. The highest BCUT2D eigenvalue weighted by Crippen LogP contribution is 2.31. The molecule has 1 saturated heterocycles. The van der Waals surface area contributed by atoms with Crippen LogP contribution in [-0.4, -0.2) is 73.0 Å². The van der Waals surface area contributed by atoms with E-state index in [4.69, 9.17) is 14.2 Å². The summed E-state index contributed by atoms with van der Waals surface area (Å²) in [5.41, 5.74) is 1.20. The Morgan fingerprint density at radius 1 is 1.16 bits per heavy atom. The zero-order chi connectivity index (χ0) is 22.5. The van der Waals surface area contributed by atoms with Crippen molar-refractivity contribution < 1.29 is 29.5 Å². The van der Waals surface area contributed by atoms with E-state index in [0.29, 0.717) is 30.3 Å². The number of aliphatic hydroxyl groups excluding tert-OH is 3. The predicted octanol–water partition coefficient (Wildman–Crippen LogP) is 1.55. The van der Waals surface area contributed by atoms with Gasteiger partial charge in [-0.1, -0.05) is 11.3 Å². The van der Waals surface area contributed by atoms with Crippen molar-refractivity contribution in [2.24, 2.45) is 0 Å². The van der Waals surface area contributed by atoms with Gasteiger partial charge in [-0.25, -0.2) is 4.68 Å². The van der Waals surface area contributed by atoms with E-state index in [0.717, 1.165) is 11.3 Å². The van der Waals surface area contributed by atoms with Gasteiger partial charge in [-0.15, -0.1) is 16.9 Å². The summed E-state index contributed by atoms with van der Waals surface area (Å²) >= 11 is 1.41. The van der Waals surface area contributed by atoms with Crippen LogP contribution in [0.4, 0.5) is 0 Å². The van der Waals surface area contributed by atoms with Crippen LogP contribution in [0.3, 0.4) is 0 Å². The highest BCUT2D eigenvalue weighted by molar-refractivity contribution is 7.99. The van der Waals surface area contributed by atoms with E-state index >= 15 is 0 Å². The van der Waals surface area contributed by atoms with Crippen molar-refractivity contribution in [3.05, 3.63) is 35.7 Å². The highest BCUT2D eigenvalue weighted by Gasteiger charge is 2.41. The Bertz CT molecular complexity index is 848. The number of nitrogens with zero attached hydrogens (tertiary/aromatic N) is 3. The van der Waals surface area contributed by atoms with Gasteiger partial charge in [0.1, 0.15) is 36.0 Å². The van der Waals surface area contributed by atoms with Crippen molar-refractivity contribution in [2.75, 3.05) is 12.9 Å². The SMILES string of the molecule is COc1cc(CCS[C@@H]2OC(C)[C@@H](O)[C@H](O)C2O)ccc1OCc1cn(C(C)C)nn1. The lowest BCUT2D eigenvalue weighted by Crippen LogP contribution is -2.55. The zero-order valence-electron chi connectivity index (χ0n) is 18.2. The van der Waals surface area contributed by atoms with Gasteiger partial charge in [-0.2, -0.15) is 0 Å². The van der Waals surface area contributed by atoms with Gasteiger partial charge in [-0.05, 0) is 50.6 Å². The number of benzene rings is 1. The minimum atomic E-state index is -1.21. The number of aryl methyl sites for hydroxylation is 1. The smallest absolute Gasteiger partial charge is 0.161 e. The summed E-state index contributed by atoms with van der Waals surface area (Å²) in [6.07, 6.45) is -1.38. The first-order valence-electron chi connectivity index (χ1n) is 10.3. The molecule has 0 bridgehead atoms. The summed E-state index contributed by atoms with van der Waals surface area (Å²) in [5.74, 6) is 1.91. The van der Waals surface area contributed by atoms with Crippen molar-refractivity contribution in [3.63, 3.8) is 0 Å². The molecule has 9 nitrogen and oxygen atoms in total. The maximum atomic E-state index is 10.1. The fraction of sp³-hybridized carbons (Fsp3) is 0.619. The fourth-order valence-corrected chi connectivity index (χ4v) is 4.41. The Hall–Kier alpha value is -1.85. The molecule has 1 aliphatic rings. The van der Waals surface area contributed by atoms with E-state index in [1.165, 1.54) is 11.8 Å². The standard InChI is InChI=1S/C21H31N3O6S/c1-12(2)24-10-15(22-23-24)11-29-16-6-5-14(9-17(16)28-4)7-8-31-21-20(27)19(26)18(25)13(3)30-21/h5-6,9-10,12-13,18-21,25-27H,7-8,11H2,1-4H3/t13?,18-,19+,20?,21+/m1/s1. The van der Waals surface area contributed by atoms with Crippen LogP contribution in [0.1, 0.15) is 38.1 Å². The second-order valence-corrected chi connectivity index (χ2v) is 9.07. The summed E-state index contributed by atoms with van der Waals surface area (Å²) in [6.45, 7) is 6.04. The Morgan fingerprint density at radius 2 is 1.94 bits per heavy atom. The first-order valence-corrected chi connectivity index (χ1v) is 11.4. The van der Waals surface area contributed by atoms with Gasteiger partial charge in [0.05, 0.1) is 19.4 Å². The van der Waals surface area contributed by atoms with Crippen molar-refractivity contribution in [2.45, 2.75) is 69.7 Å². The van der Waals surface area contributed by atoms with E-state index in [-0.39, 0.29) is 6.04 Å². The quantitative estimate of drug-likeness (QED) is 0.519. The minimum absolute atomic E-state index is 0.240. The minimum Gasteiger partial charge on any atom is -0.493 e. The topological polar surface area (TPSA) is 119 Å². The maximum Gasteiger partial charge on any atom is 0.161 e. The molecule has 10 heteroatoms. The molecule has 2 unspecified atom stereocenters. The molecular formula is C21H31N3O6S. The van der Waals surface area contributed by atoms with E-state index in [9.17, 15) is 15.3 Å². The number of hydrogen-bond acceptors (Lipinski definition) is 9. The summed E-state index contributed by atoms with van der Waals surface area (Å²) in [6, 6.07) is 5.98. The summed E-state index contributed by atoms with van der Waals surface area (Å²) in [5, 5.41) is 38.0. The Morgan fingerprint density at radius 3 is 2.61 bits per heavy atom. The van der Waals surface area contributed by atoms with Gasteiger partial charge in [0.25, 0.3) is 0 Å². The second kappa shape index (κ2) is 10.6. The molecule has 1 aromatic heterocycles. The molecule has 3 rings (SSSR count). The Kier molecular flexibility index (Phi) is 8.17. The van der Waals surface area contributed by atoms with Gasteiger partial charge in [0, 0.05) is 6.04 Å². The van der Waals surface area contributed by atoms with Gasteiger partial charge in [-0.3, -0.25) is 0 Å². The molecule has 2 heterocycles. The van der Waals surface area contributed by atoms with Crippen molar-refractivity contribution in [1.82, 2.24) is 15.0 Å². The van der Waals surface area contributed by atoms with Gasteiger partial charge >= 0.3 is 0 Å². The van der Waals surface area contributed by atoms with E-state index in [1.54, 1.807) is 18.7 Å². The second-order valence-electron chi connectivity index (χ2n) is 7.86. The van der Waals surface area contributed by atoms with Crippen molar-refractivity contribution in [3.8, 4) is 11.5 Å². The predicted molar refractivity (Wildman–Crippen MR) is 116 cm³/mol. The monoisotopic (exact) mass is 453 g/mol. The third-order valence-electron chi connectivity index (χ3n) is 5.17. The van der Waals surface area contributed by atoms with Gasteiger partial charge in [0.2, 0.25) is 0 Å². The average molecular weight is 454 g/mol. The summed E-state index contributed by atoms with van der Waals surface area (Å²) in [7, 11) is 1.59. The summed E-state index contributed by atoms with van der Waals surface area (Å²) in [4.78, 5) is 0. The Balaban J connectivity index is 1.53. The molecule has 0 amide bonds. The molecule has 0 aliphatic carbocycles. The lowest BCUT2D eigenvalue weighted by molar-refractivity contribution is -0.192. The van der Waals surface area contributed by atoms with Crippen LogP contribution in [0.2, 0.25) is 0 Å². The van der Waals surface area contributed by atoms with E-state index < -0.39 is 29.9 Å². The van der Waals surface area contributed by atoms with Crippen molar-refractivity contribution in [1.29, 1.82) is 0 Å². The molecule has 1 aliphatic heterocycles. The molecule has 1 aromatic carbocycles. The number of ether oxygens (including phenoxy) is 3. The molecule has 2 aromatic rings. The molecule has 31 heavy (non-hydrogen) atoms. The molecule has 172 valence electrons. The van der Waals surface area contributed by atoms with Gasteiger partial charge in [0.15, 0.2) is 11.5 Å². The maximum absolute atomic E-state index is 10.1. The largest absolute Gasteiger partial charge is 0.493 e. The average Bonchev–Trinajstić information content (AvgIpc) is 3.24. The van der Waals surface area contributed by atoms with Crippen LogP contribution >= 0.6 is 11.8 Å². The van der Waals surface area contributed by atoms with Gasteiger partial charge < -0.3 is 29.5 Å². The third kappa shape index (κ3) is 5.89. The van der Waals surface area contributed by atoms with Crippen LogP contribution < -0.4 is 9.47 Å². The number of aromatic nitrogens is 3. The van der Waals surface area contributed by atoms with E-state index in [1.807, 2.05) is 38.2 Å². The first-order chi connectivity index (χ1) is 14.8. The van der Waals surface area contributed by atoms with Crippen LogP contribution in [0, 0.1) is 0 Å². The van der Waals surface area contributed by atoms with Crippen molar-refractivity contribution >= 4 is 11.8 Å². The van der Waals surface area contributed by atoms with Crippen LogP contribution in [0.25, 0.3) is 0 Å². The molecule has 0 saturated carbocycles. The number of methoxy groups -OCH3 is 1. The van der Waals surface area contributed by atoms with Crippen LogP contribution in [-0.2, 0) is 17.8 Å². The molecule has 3 N–H and O–H groups in total. The zero-order valence-corrected chi connectivity index (χ0v) is 19.0. The normalized spacial score (nSPS) is 26.3. The molecule has 1 fully saturated rings. The third-order valence-corrected chi connectivity index (χ3v) is 6.33. The summed E-state index contributed by atoms with van der Waals surface area (Å²) < 4.78 is 18.7. The molecule has 0 radical (unpaired) electrons. The fourth-order valence-electron chi connectivity index (χ4n) is 3.21. The lowest BCUT2D eigenvalue weighted by Gasteiger charge is -2.39. The van der Waals surface area contributed by atoms with E-state index in [2.05, 4.69) is 10.3 Å². The number of rotatable bonds is 9. The highest BCUT2D eigenvalue weighted by atomic mass is 32.2. The van der Waals surface area contributed by atoms with Crippen LogP contribution in [0.5, 0.6) is 11.5 Å². The number of hydrogen-bond donors (Lipinski definition) is 3. The molecular weight excluding hydrogens is 422 g/mol.